The van der Waals surface area contributed by atoms with E-state index in [4.69, 9.17) is 0 Å². The molecule has 0 spiro atoms. The second kappa shape index (κ2) is 6.34. The molecule has 1 aromatic rings. The van der Waals surface area contributed by atoms with Crippen molar-refractivity contribution in [3.8, 4) is 0 Å². The zero-order valence-corrected chi connectivity index (χ0v) is 14.1. The summed E-state index contributed by atoms with van der Waals surface area (Å²) in [6.45, 7) is 1.66. The quantitative estimate of drug-likeness (QED) is 0.914. The Labute approximate surface area is 137 Å². The molecule has 0 unspecified atom stereocenters. The fourth-order valence-electron chi connectivity index (χ4n) is 3.88. The first-order valence-electron chi connectivity index (χ1n) is 8.19. The third-order valence-corrected chi connectivity index (χ3v) is 7.06. The molecule has 1 saturated carbocycles. The highest BCUT2D eigenvalue weighted by molar-refractivity contribution is 7.89. The molecule has 1 saturated heterocycles. The zero-order chi connectivity index (χ0) is 16.6. The third kappa shape index (κ3) is 2.95. The fourth-order valence-corrected chi connectivity index (χ4v) is 5.75. The monoisotopic (exact) mass is 337 g/mol. The topological polar surface area (TPSA) is 74.7 Å². The van der Waals surface area contributed by atoms with Gasteiger partial charge >= 0.3 is 0 Å². The first-order chi connectivity index (χ1) is 10.9. The van der Waals surface area contributed by atoms with Crippen molar-refractivity contribution in [2.45, 2.75) is 56.0 Å². The van der Waals surface area contributed by atoms with Crippen LogP contribution in [-0.4, -0.2) is 42.3 Å². The average molecular weight is 337 g/mol. The van der Waals surface area contributed by atoms with Crippen molar-refractivity contribution in [3.05, 3.63) is 29.8 Å². The van der Waals surface area contributed by atoms with E-state index >= 15 is 0 Å². The Bertz CT molecular complexity index is 683. The molecule has 1 aliphatic heterocycles. The number of Topliss-reactive ketones (excluding diaryl/α,β-unsaturated/α-hetero) is 1. The summed E-state index contributed by atoms with van der Waals surface area (Å²) in [5.41, 5.74) is 0.992. The first kappa shape index (κ1) is 16.6. The van der Waals surface area contributed by atoms with Crippen molar-refractivity contribution in [2.24, 2.45) is 5.92 Å². The van der Waals surface area contributed by atoms with Crippen LogP contribution in [0.15, 0.2) is 29.2 Å². The van der Waals surface area contributed by atoms with E-state index in [0.29, 0.717) is 19.3 Å². The number of aliphatic hydroxyl groups is 1. The van der Waals surface area contributed by atoms with E-state index in [9.17, 15) is 18.3 Å². The van der Waals surface area contributed by atoms with Gasteiger partial charge in [-0.3, -0.25) is 4.79 Å². The molecule has 1 aromatic carbocycles. The van der Waals surface area contributed by atoms with E-state index in [1.807, 2.05) is 6.92 Å². The number of aryl methyl sites for hydroxylation is 1. The maximum Gasteiger partial charge on any atom is 0.243 e. The van der Waals surface area contributed by atoms with Gasteiger partial charge in [-0.15, -0.1) is 0 Å². The van der Waals surface area contributed by atoms with Gasteiger partial charge in [0, 0.05) is 24.4 Å². The summed E-state index contributed by atoms with van der Waals surface area (Å²) in [6.07, 6.45) is 3.33. The van der Waals surface area contributed by atoms with Crippen LogP contribution in [0.4, 0.5) is 0 Å². The van der Waals surface area contributed by atoms with Crippen LogP contribution in [0.3, 0.4) is 0 Å². The van der Waals surface area contributed by atoms with E-state index < -0.39 is 16.1 Å². The number of hydrogen-bond acceptors (Lipinski definition) is 4. The number of benzene rings is 1. The molecule has 126 valence electrons. The normalized spacial score (nSPS) is 29.3. The molecule has 0 bridgehead atoms. The van der Waals surface area contributed by atoms with Crippen LogP contribution in [0.1, 0.15) is 37.7 Å². The largest absolute Gasteiger partial charge is 0.395 e. The predicted molar refractivity (Wildman–Crippen MR) is 86.4 cm³/mol. The average Bonchev–Trinajstić information content (AvgIpc) is 2.82. The van der Waals surface area contributed by atoms with Crippen molar-refractivity contribution < 1.29 is 18.3 Å². The lowest BCUT2D eigenvalue weighted by atomic mass is 9.93. The number of ketones is 1. The highest BCUT2D eigenvalue weighted by Crippen LogP contribution is 2.40. The number of carbonyl (C=O) groups is 1. The third-order valence-electron chi connectivity index (χ3n) is 5.07. The molecule has 6 heteroatoms. The molecule has 23 heavy (non-hydrogen) atoms. The van der Waals surface area contributed by atoms with Crippen LogP contribution in [0, 0.1) is 12.8 Å². The zero-order valence-electron chi connectivity index (χ0n) is 13.3. The SMILES string of the molecule is Cc1ccc(S(=O)(=O)N2[C@H](CO)C[C@@H]3C(=O)CCCC[C@@H]32)cc1. The molecular weight excluding hydrogens is 314 g/mol. The molecule has 3 rings (SSSR count). The minimum Gasteiger partial charge on any atom is -0.395 e. The van der Waals surface area contributed by atoms with E-state index in [2.05, 4.69) is 0 Å². The number of carbonyl (C=O) groups excluding carboxylic acids is 1. The smallest absolute Gasteiger partial charge is 0.243 e. The van der Waals surface area contributed by atoms with E-state index in [-0.39, 0.29) is 29.2 Å². The Hall–Kier alpha value is -1.24. The van der Waals surface area contributed by atoms with Gasteiger partial charge in [-0.2, -0.15) is 4.31 Å². The molecular formula is C17H23NO4S. The molecule has 1 heterocycles. The minimum atomic E-state index is -3.71. The predicted octanol–water partition coefficient (Wildman–Crippen LogP) is 1.88. The van der Waals surface area contributed by atoms with Crippen LogP contribution in [0.2, 0.25) is 0 Å². The Morgan fingerprint density at radius 3 is 2.57 bits per heavy atom. The molecule has 2 fully saturated rings. The first-order valence-corrected chi connectivity index (χ1v) is 9.63. The van der Waals surface area contributed by atoms with Crippen LogP contribution in [-0.2, 0) is 14.8 Å². The van der Waals surface area contributed by atoms with Crippen molar-refractivity contribution >= 4 is 15.8 Å². The lowest BCUT2D eigenvalue weighted by Gasteiger charge is -2.29. The van der Waals surface area contributed by atoms with Gasteiger partial charge in [0.25, 0.3) is 0 Å². The summed E-state index contributed by atoms with van der Waals surface area (Å²) in [5.74, 6) is -0.123. The highest BCUT2D eigenvalue weighted by atomic mass is 32.2. The highest BCUT2D eigenvalue weighted by Gasteiger charge is 2.50. The van der Waals surface area contributed by atoms with Gasteiger partial charge in [0.05, 0.1) is 11.5 Å². The molecule has 5 nitrogen and oxygen atoms in total. The van der Waals surface area contributed by atoms with Crippen LogP contribution < -0.4 is 0 Å². The van der Waals surface area contributed by atoms with Crippen LogP contribution >= 0.6 is 0 Å². The molecule has 2 aliphatic rings. The Kier molecular flexibility index (Phi) is 4.58. The van der Waals surface area contributed by atoms with Gasteiger partial charge in [-0.1, -0.05) is 24.1 Å². The molecule has 0 aromatic heterocycles. The number of aliphatic hydroxyl groups excluding tert-OH is 1. The van der Waals surface area contributed by atoms with Gasteiger partial charge in [0.1, 0.15) is 5.78 Å². The number of hydrogen-bond donors (Lipinski definition) is 1. The summed E-state index contributed by atoms with van der Waals surface area (Å²) < 4.78 is 27.6. The van der Waals surface area contributed by atoms with E-state index in [0.717, 1.165) is 18.4 Å². The summed E-state index contributed by atoms with van der Waals surface area (Å²) in [7, 11) is -3.71. The summed E-state index contributed by atoms with van der Waals surface area (Å²) in [6, 6.07) is 5.93. The Morgan fingerprint density at radius 2 is 1.91 bits per heavy atom. The Balaban J connectivity index is 2.00. The van der Waals surface area contributed by atoms with Gasteiger partial charge in [0.2, 0.25) is 10.0 Å². The number of rotatable bonds is 3. The van der Waals surface area contributed by atoms with Crippen LogP contribution in [0.25, 0.3) is 0 Å². The standard InChI is InChI=1S/C17H23NO4S/c1-12-6-8-14(9-7-12)23(21,22)18-13(11-19)10-15-16(18)4-2-3-5-17(15)20/h6-9,13,15-16,19H,2-5,10-11H2,1H3/t13-,15-,16-/m0/s1. The fraction of sp³-hybridized carbons (Fsp3) is 0.588. The summed E-state index contributed by atoms with van der Waals surface area (Å²) in [5, 5.41) is 9.68. The second-order valence-electron chi connectivity index (χ2n) is 6.61. The van der Waals surface area contributed by atoms with Gasteiger partial charge in [0.15, 0.2) is 0 Å². The Morgan fingerprint density at radius 1 is 1.22 bits per heavy atom. The van der Waals surface area contributed by atoms with Gasteiger partial charge in [-0.05, 0) is 38.3 Å². The lowest BCUT2D eigenvalue weighted by Crippen LogP contribution is -2.44. The molecule has 1 aliphatic carbocycles. The van der Waals surface area contributed by atoms with E-state index in [1.165, 1.54) is 4.31 Å². The van der Waals surface area contributed by atoms with Crippen molar-refractivity contribution in [2.75, 3.05) is 6.61 Å². The van der Waals surface area contributed by atoms with Crippen LogP contribution in [0.5, 0.6) is 0 Å². The number of fused-ring (bicyclic) bond motifs is 1. The minimum absolute atomic E-state index is 0.146. The lowest BCUT2D eigenvalue weighted by molar-refractivity contribution is -0.122. The van der Waals surface area contributed by atoms with E-state index in [1.54, 1.807) is 24.3 Å². The molecule has 1 N–H and O–H groups in total. The second-order valence-corrected chi connectivity index (χ2v) is 8.45. The maximum absolute atomic E-state index is 13.1. The van der Waals surface area contributed by atoms with Gasteiger partial charge in [-0.25, -0.2) is 8.42 Å². The number of nitrogens with zero attached hydrogens (tertiary/aromatic N) is 1. The van der Waals surface area contributed by atoms with Crippen molar-refractivity contribution in [3.63, 3.8) is 0 Å². The van der Waals surface area contributed by atoms with Gasteiger partial charge < -0.3 is 5.11 Å². The maximum atomic E-state index is 13.1. The molecule has 0 radical (unpaired) electrons. The number of sulfonamides is 1. The summed E-state index contributed by atoms with van der Waals surface area (Å²) >= 11 is 0. The van der Waals surface area contributed by atoms with Crippen molar-refractivity contribution in [1.29, 1.82) is 0 Å². The molecule has 3 atom stereocenters. The summed E-state index contributed by atoms with van der Waals surface area (Å²) in [4.78, 5) is 12.5. The molecule has 0 amide bonds. The van der Waals surface area contributed by atoms with Crippen molar-refractivity contribution in [1.82, 2.24) is 4.31 Å².